The highest BCUT2D eigenvalue weighted by atomic mass is 35.5. The Morgan fingerprint density at radius 1 is 1.47 bits per heavy atom. The second-order valence-corrected chi connectivity index (χ2v) is 4.53. The second-order valence-electron chi connectivity index (χ2n) is 4.10. The van der Waals surface area contributed by atoms with Crippen molar-refractivity contribution in [2.45, 2.75) is 13.1 Å². The Morgan fingerprint density at radius 2 is 2.32 bits per heavy atom. The molecular formula is C13H15ClN4O. The number of nitrogens with one attached hydrogen (secondary N) is 1. The molecule has 1 amide bonds. The molecule has 0 saturated heterocycles. The number of imidazole rings is 1. The standard InChI is InChI=1S/C13H15ClN4O/c14-11-3-1-2-10(6-11)7-16-13(19)12-8-18(5-4-15)9-17-12/h1-3,6,8-9H,4-5,7,15H2,(H,16,19). The number of nitrogens with two attached hydrogens (primary N) is 1. The molecule has 100 valence electrons. The quantitative estimate of drug-likeness (QED) is 0.869. The lowest BCUT2D eigenvalue weighted by molar-refractivity contribution is 0.0946. The molecule has 0 saturated carbocycles. The number of halogens is 1. The molecule has 0 aliphatic heterocycles. The molecule has 1 heterocycles. The van der Waals surface area contributed by atoms with Crippen LogP contribution in [-0.4, -0.2) is 22.0 Å². The van der Waals surface area contributed by atoms with Gasteiger partial charge in [-0.15, -0.1) is 0 Å². The zero-order valence-electron chi connectivity index (χ0n) is 10.3. The number of carbonyl (C=O) groups is 1. The summed E-state index contributed by atoms with van der Waals surface area (Å²) >= 11 is 5.88. The number of carbonyl (C=O) groups excluding carboxylic acids is 1. The summed E-state index contributed by atoms with van der Waals surface area (Å²) in [4.78, 5) is 15.9. The van der Waals surface area contributed by atoms with Gasteiger partial charge in [0.2, 0.25) is 0 Å². The summed E-state index contributed by atoms with van der Waals surface area (Å²) in [6.45, 7) is 1.58. The van der Waals surface area contributed by atoms with Crippen molar-refractivity contribution in [3.8, 4) is 0 Å². The molecule has 0 bridgehead atoms. The Kier molecular flexibility index (Phi) is 4.54. The van der Waals surface area contributed by atoms with Gasteiger partial charge in [0, 0.05) is 30.9 Å². The van der Waals surface area contributed by atoms with E-state index in [0.29, 0.717) is 30.4 Å². The number of nitrogens with zero attached hydrogens (tertiary/aromatic N) is 2. The van der Waals surface area contributed by atoms with E-state index in [1.54, 1.807) is 23.2 Å². The highest BCUT2D eigenvalue weighted by molar-refractivity contribution is 6.30. The van der Waals surface area contributed by atoms with Crippen LogP contribution in [0, 0.1) is 0 Å². The highest BCUT2D eigenvalue weighted by Gasteiger charge is 2.08. The number of amides is 1. The summed E-state index contributed by atoms with van der Waals surface area (Å²) in [5.74, 6) is -0.212. The minimum Gasteiger partial charge on any atom is -0.347 e. The Bertz CT molecular complexity index is 567. The summed E-state index contributed by atoms with van der Waals surface area (Å²) < 4.78 is 1.79. The van der Waals surface area contributed by atoms with Crippen LogP contribution in [0.15, 0.2) is 36.8 Å². The average Bonchev–Trinajstić information content (AvgIpc) is 2.85. The van der Waals surface area contributed by atoms with E-state index >= 15 is 0 Å². The Balaban J connectivity index is 1.93. The van der Waals surface area contributed by atoms with E-state index in [4.69, 9.17) is 17.3 Å². The molecule has 1 aromatic carbocycles. The molecule has 0 aliphatic carbocycles. The van der Waals surface area contributed by atoms with Crippen molar-refractivity contribution < 1.29 is 4.79 Å². The van der Waals surface area contributed by atoms with Gasteiger partial charge in [-0.2, -0.15) is 0 Å². The van der Waals surface area contributed by atoms with Crippen LogP contribution in [0.2, 0.25) is 5.02 Å². The molecule has 0 fully saturated rings. The molecule has 0 aliphatic rings. The van der Waals surface area contributed by atoms with E-state index < -0.39 is 0 Å². The summed E-state index contributed by atoms with van der Waals surface area (Å²) in [5.41, 5.74) is 6.76. The maximum atomic E-state index is 11.9. The molecule has 0 radical (unpaired) electrons. The molecule has 3 N–H and O–H groups in total. The molecule has 0 spiro atoms. The molecule has 2 rings (SSSR count). The van der Waals surface area contributed by atoms with Gasteiger partial charge in [0.25, 0.3) is 5.91 Å². The first-order valence-corrected chi connectivity index (χ1v) is 6.31. The van der Waals surface area contributed by atoms with Crippen molar-refractivity contribution in [2.75, 3.05) is 6.54 Å². The van der Waals surface area contributed by atoms with E-state index in [1.807, 2.05) is 18.2 Å². The molecule has 0 atom stereocenters. The van der Waals surface area contributed by atoms with Crippen molar-refractivity contribution in [1.82, 2.24) is 14.9 Å². The predicted octanol–water partition coefficient (Wildman–Crippen LogP) is 1.43. The van der Waals surface area contributed by atoms with Crippen molar-refractivity contribution in [3.63, 3.8) is 0 Å². The van der Waals surface area contributed by atoms with Gasteiger partial charge in [-0.05, 0) is 17.7 Å². The number of hydrogen-bond donors (Lipinski definition) is 2. The van der Waals surface area contributed by atoms with Gasteiger partial charge in [0.05, 0.1) is 6.33 Å². The minimum atomic E-state index is -0.212. The first-order valence-electron chi connectivity index (χ1n) is 5.93. The predicted molar refractivity (Wildman–Crippen MR) is 73.9 cm³/mol. The molecule has 6 heteroatoms. The summed E-state index contributed by atoms with van der Waals surface area (Å²) in [5, 5.41) is 3.45. The van der Waals surface area contributed by atoms with Crippen LogP contribution in [-0.2, 0) is 13.1 Å². The Hall–Kier alpha value is -1.85. The van der Waals surface area contributed by atoms with E-state index in [2.05, 4.69) is 10.3 Å². The van der Waals surface area contributed by atoms with Gasteiger partial charge in [0.15, 0.2) is 0 Å². The fourth-order valence-electron chi connectivity index (χ4n) is 1.67. The van der Waals surface area contributed by atoms with Gasteiger partial charge >= 0.3 is 0 Å². The number of hydrogen-bond acceptors (Lipinski definition) is 3. The van der Waals surface area contributed by atoms with Gasteiger partial charge in [-0.3, -0.25) is 4.79 Å². The first-order chi connectivity index (χ1) is 9.19. The zero-order valence-corrected chi connectivity index (χ0v) is 11.1. The third-order valence-corrected chi connectivity index (χ3v) is 2.83. The number of aromatic nitrogens is 2. The lowest BCUT2D eigenvalue weighted by atomic mass is 10.2. The maximum Gasteiger partial charge on any atom is 0.271 e. The van der Waals surface area contributed by atoms with Crippen LogP contribution in [0.4, 0.5) is 0 Å². The summed E-state index contributed by atoms with van der Waals surface area (Å²) in [6, 6.07) is 7.36. The minimum absolute atomic E-state index is 0.212. The second kappa shape index (κ2) is 6.36. The van der Waals surface area contributed by atoms with Gasteiger partial charge in [0.1, 0.15) is 5.69 Å². The van der Waals surface area contributed by atoms with Crippen molar-refractivity contribution >= 4 is 17.5 Å². The van der Waals surface area contributed by atoms with Crippen LogP contribution in [0.5, 0.6) is 0 Å². The molecule has 5 nitrogen and oxygen atoms in total. The van der Waals surface area contributed by atoms with Crippen LogP contribution in [0.1, 0.15) is 16.1 Å². The fraction of sp³-hybridized carbons (Fsp3) is 0.231. The molecular weight excluding hydrogens is 264 g/mol. The van der Waals surface area contributed by atoms with Crippen LogP contribution >= 0.6 is 11.6 Å². The van der Waals surface area contributed by atoms with Crippen LogP contribution < -0.4 is 11.1 Å². The van der Waals surface area contributed by atoms with Crippen molar-refractivity contribution in [1.29, 1.82) is 0 Å². The van der Waals surface area contributed by atoms with E-state index in [0.717, 1.165) is 5.56 Å². The van der Waals surface area contributed by atoms with Crippen LogP contribution in [0.3, 0.4) is 0 Å². The summed E-state index contributed by atoms with van der Waals surface area (Å²) in [6.07, 6.45) is 3.28. The van der Waals surface area contributed by atoms with E-state index in [-0.39, 0.29) is 5.91 Å². The number of rotatable bonds is 5. The normalized spacial score (nSPS) is 10.4. The molecule has 19 heavy (non-hydrogen) atoms. The first kappa shape index (κ1) is 13.6. The largest absolute Gasteiger partial charge is 0.347 e. The smallest absolute Gasteiger partial charge is 0.271 e. The Morgan fingerprint density at radius 3 is 3.05 bits per heavy atom. The third kappa shape index (κ3) is 3.81. The van der Waals surface area contributed by atoms with Gasteiger partial charge in [-0.1, -0.05) is 23.7 Å². The SMILES string of the molecule is NCCn1cnc(C(=O)NCc2cccc(Cl)c2)c1. The maximum absolute atomic E-state index is 11.9. The van der Waals surface area contributed by atoms with Crippen molar-refractivity contribution in [3.05, 3.63) is 53.1 Å². The zero-order chi connectivity index (χ0) is 13.7. The topological polar surface area (TPSA) is 72.9 Å². The number of benzene rings is 1. The average molecular weight is 279 g/mol. The van der Waals surface area contributed by atoms with Crippen LogP contribution in [0.25, 0.3) is 0 Å². The monoisotopic (exact) mass is 278 g/mol. The molecule has 0 unspecified atom stereocenters. The summed E-state index contributed by atoms with van der Waals surface area (Å²) in [7, 11) is 0. The Labute approximate surface area is 116 Å². The van der Waals surface area contributed by atoms with Gasteiger partial charge < -0.3 is 15.6 Å². The fourth-order valence-corrected chi connectivity index (χ4v) is 1.88. The van der Waals surface area contributed by atoms with Gasteiger partial charge in [-0.25, -0.2) is 4.98 Å². The molecule has 1 aromatic heterocycles. The van der Waals surface area contributed by atoms with Crippen molar-refractivity contribution in [2.24, 2.45) is 5.73 Å². The third-order valence-electron chi connectivity index (χ3n) is 2.60. The lowest BCUT2D eigenvalue weighted by Gasteiger charge is -2.03. The van der Waals surface area contributed by atoms with E-state index in [1.165, 1.54) is 0 Å². The lowest BCUT2D eigenvalue weighted by Crippen LogP contribution is -2.23. The van der Waals surface area contributed by atoms with E-state index in [9.17, 15) is 4.79 Å². The molecule has 2 aromatic rings. The highest BCUT2D eigenvalue weighted by Crippen LogP contribution is 2.10.